The molecule has 1 heterocycles. The Morgan fingerprint density at radius 1 is 0.886 bits per heavy atom. The van der Waals surface area contributed by atoms with Gasteiger partial charge < -0.3 is 14.2 Å². The van der Waals surface area contributed by atoms with Crippen LogP contribution in [0.2, 0.25) is 0 Å². The zero-order chi connectivity index (χ0) is 24.9. The van der Waals surface area contributed by atoms with Gasteiger partial charge in [0.2, 0.25) is 0 Å². The summed E-state index contributed by atoms with van der Waals surface area (Å²) in [5.74, 6) is -0.00650. The Labute approximate surface area is 210 Å². The fourth-order valence-corrected chi connectivity index (χ4v) is 3.69. The lowest BCUT2D eigenvalue weighted by molar-refractivity contribution is -0.122. The Morgan fingerprint density at radius 3 is 2.26 bits per heavy atom. The highest BCUT2D eigenvalue weighted by Crippen LogP contribution is 2.31. The number of hydrogen-bond donors (Lipinski definition) is 1. The third-order valence-corrected chi connectivity index (χ3v) is 5.77. The average molecular weight is 537 g/mol. The minimum absolute atomic E-state index is 0.189. The van der Waals surface area contributed by atoms with E-state index in [0.717, 1.165) is 14.9 Å². The lowest BCUT2D eigenvalue weighted by Crippen LogP contribution is -2.54. The second kappa shape index (κ2) is 10.4. The molecule has 0 saturated carbocycles. The maximum absolute atomic E-state index is 13.1. The Morgan fingerprint density at radius 2 is 1.60 bits per heavy atom. The smallest absolute Gasteiger partial charge is 0.335 e. The van der Waals surface area contributed by atoms with Crippen LogP contribution in [0.3, 0.4) is 0 Å². The van der Waals surface area contributed by atoms with Gasteiger partial charge in [-0.25, -0.2) is 9.69 Å². The first-order chi connectivity index (χ1) is 16.9. The van der Waals surface area contributed by atoms with Crippen molar-refractivity contribution in [2.24, 2.45) is 0 Å². The Balaban J connectivity index is 1.57. The van der Waals surface area contributed by atoms with E-state index in [-0.39, 0.29) is 5.57 Å². The van der Waals surface area contributed by atoms with Gasteiger partial charge in [-0.05, 0) is 65.7 Å². The highest BCUT2D eigenvalue weighted by Gasteiger charge is 2.36. The molecule has 0 radical (unpaired) electrons. The van der Waals surface area contributed by atoms with Crippen LogP contribution in [-0.2, 0) is 16.2 Å². The minimum Gasteiger partial charge on any atom is -0.497 e. The first-order valence-corrected chi connectivity index (χ1v) is 11.3. The molecule has 1 saturated heterocycles. The van der Waals surface area contributed by atoms with Crippen molar-refractivity contribution in [1.29, 1.82) is 0 Å². The van der Waals surface area contributed by atoms with Gasteiger partial charge in [0.05, 0.1) is 19.9 Å². The van der Waals surface area contributed by atoms with E-state index in [1.54, 1.807) is 42.5 Å². The van der Waals surface area contributed by atoms with Crippen molar-refractivity contribution < 1.29 is 28.6 Å². The van der Waals surface area contributed by atoms with Crippen LogP contribution in [0, 0.1) is 0 Å². The summed E-state index contributed by atoms with van der Waals surface area (Å²) in [4.78, 5) is 38.9. The zero-order valence-electron chi connectivity index (χ0n) is 18.9. The molecule has 1 aliphatic heterocycles. The van der Waals surface area contributed by atoms with Crippen LogP contribution in [0.1, 0.15) is 11.1 Å². The number of anilines is 1. The van der Waals surface area contributed by atoms with Crippen molar-refractivity contribution in [1.82, 2.24) is 5.32 Å². The summed E-state index contributed by atoms with van der Waals surface area (Å²) in [6, 6.07) is 18.3. The predicted octanol–water partition coefficient (Wildman–Crippen LogP) is 4.71. The lowest BCUT2D eigenvalue weighted by Gasteiger charge is -2.26. The van der Waals surface area contributed by atoms with Gasteiger partial charge in [0, 0.05) is 4.47 Å². The molecule has 0 unspecified atom stereocenters. The number of methoxy groups -OCH3 is 2. The summed E-state index contributed by atoms with van der Waals surface area (Å²) in [5.41, 5.74) is 1.63. The Bertz CT molecular complexity index is 1300. The molecule has 1 fully saturated rings. The van der Waals surface area contributed by atoms with E-state index < -0.39 is 17.8 Å². The van der Waals surface area contributed by atoms with Gasteiger partial charge in [-0.2, -0.15) is 0 Å². The van der Waals surface area contributed by atoms with E-state index in [1.165, 1.54) is 20.3 Å². The monoisotopic (exact) mass is 536 g/mol. The number of amides is 4. The highest BCUT2D eigenvalue weighted by molar-refractivity contribution is 9.10. The summed E-state index contributed by atoms with van der Waals surface area (Å²) in [7, 11) is 3.01. The molecule has 0 bridgehead atoms. The third-order valence-electron chi connectivity index (χ3n) is 5.24. The molecule has 35 heavy (non-hydrogen) atoms. The summed E-state index contributed by atoms with van der Waals surface area (Å²) < 4.78 is 17.4. The van der Waals surface area contributed by atoms with E-state index in [2.05, 4.69) is 21.2 Å². The number of nitrogens with zero attached hydrogens (tertiary/aromatic N) is 1. The van der Waals surface area contributed by atoms with Gasteiger partial charge >= 0.3 is 6.03 Å². The number of benzene rings is 3. The van der Waals surface area contributed by atoms with Gasteiger partial charge in [0.25, 0.3) is 11.8 Å². The number of imide groups is 2. The molecular weight excluding hydrogens is 516 g/mol. The van der Waals surface area contributed by atoms with Gasteiger partial charge in [-0.1, -0.05) is 34.1 Å². The molecule has 4 rings (SSSR count). The van der Waals surface area contributed by atoms with Crippen molar-refractivity contribution in [3.8, 4) is 17.2 Å². The average Bonchev–Trinajstić information content (AvgIpc) is 2.86. The fourth-order valence-electron chi connectivity index (χ4n) is 3.42. The maximum Gasteiger partial charge on any atom is 0.335 e. The standard InChI is InChI=1S/C26H21BrN2O6/c1-33-20-10-8-19(9-11-20)29-25(31)21(24(30)28-26(29)32)13-17-5-12-22(23(14-17)34-2)35-15-16-3-6-18(27)7-4-16/h3-14H,15H2,1-2H3,(H,28,30,32)/b21-13+. The second-order valence-electron chi connectivity index (χ2n) is 7.48. The minimum atomic E-state index is -0.823. The van der Waals surface area contributed by atoms with Gasteiger partial charge in [0.15, 0.2) is 11.5 Å². The summed E-state index contributed by atoms with van der Waals surface area (Å²) in [6.07, 6.45) is 1.40. The molecule has 178 valence electrons. The number of nitrogens with one attached hydrogen (secondary N) is 1. The predicted molar refractivity (Wildman–Crippen MR) is 133 cm³/mol. The number of barbiturate groups is 1. The van der Waals surface area contributed by atoms with Gasteiger partial charge in [0.1, 0.15) is 17.9 Å². The molecule has 3 aromatic rings. The van der Waals surface area contributed by atoms with Crippen molar-refractivity contribution in [2.75, 3.05) is 19.1 Å². The molecule has 9 heteroatoms. The SMILES string of the molecule is COc1ccc(N2C(=O)NC(=O)/C(=C\c3ccc(OCc4ccc(Br)cc4)c(OC)c3)C2=O)cc1. The van der Waals surface area contributed by atoms with Crippen molar-refractivity contribution in [3.63, 3.8) is 0 Å². The van der Waals surface area contributed by atoms with Crippen LogP contribution in [0.4, 0.5) is 10.5 Å². The molecule has 8 nitrogen and oxygen atoms in total. The zero-order valence-corrected chi connectivity index (χ0v) is 20.5. The number of ether oxygens (including phenoxy) is 3. The molecule has 0 aromatic heterocycles. The van der Waals surface area contributed by atoms with E-state index in [0.29, 0.717) is 35.1 Å². The highest BCUT2D eigenvalue weighted by atomic mass is 79.9. The number of rotatable bonds is 7. The van der Waals surface area contributed by atoms with Crippen LogP contribution >= 0.6 is 15.9 Å². The number of urea groups is 1. The van der Waals surface area contributed by atoms with E-state index in [4.69, 9.17) is 14.2 Å². The molecule has 1 N–H and O–H groups in total. The Kier molecular flexibility index (Phi) is 7.17. The van der Waals surface area contributed by atoms with Crippen molar-refractivity contribution in [2.45, 2.75) is 6.61 Å². The first-order valence-electron chi connectivity index (χ1n) is 10.5. The van der Waals surface area contributed by atoms with E-state index >= 15 is 0 Å². The number of carbonyl (C=O) groups excluding carboxylic acids is 3. The number of carbonyl (C=O) groups is 3. The van der Waals surface area contributed by atoms with Crippen molar-refractivity contribution in [3.05, 3.63) is 87.9 Å². The summed E-state index contributed by atoms with van der Waals surface area (Å²) in [6.45, 7) is 0.337. The van der Waals surface area contributed by atoms with Crippen LogP contribution in [-0.4, -0.2) is 32.1 Å². The molecule has 1 aliphatic rings. The van der Waals surface area contributed by atoms with Crippen LogP contribution in [0.5, 0.6) is 17.2 Å². The molecule has 0 aliphatic carbocycles. The molecule has 3 aromatic carbocycles. The molecule has 4 amide bonds. The summed E-state index contributed by atoms with van der Waals surface area (Å²) in [5, 5.41) is 2.21. The topological polar surface area (TPSA) is 94.2 Å². The van der Waals surface area contributed by atoms with E-state index in [9.17, 15) is 14.4 Å². The van der Waals surface area contributed by atoms with Gasteiger partial charge in [-0.3, -0.25) is 14.9 Å². The maximum atomic E-state index is 13.1. The number of halogens is 1. The van der Waals surface area contributed by atoms with Crippen LogP contribution < -0.4 is 24.4 Å². The van der Waals surface area contributed by atoms with Crippen LogP contribution in [0.25, 0.3) is 6.08 Å². The molecule has 0 spiro atoms. The van der Waals surface area contributed by atoms with Gasteiger partial charge in [-0.15, -0.1) is 0 Å². The third kappa shape index (κ3) is 5.36. The largest absolute Gasteiger partial charge is 0.497 e. The normalized spacial score (nSPS) is 14.7. The first kappa shape index (κ1) is 24.0. The molecular formula is C26H21BrN2O6. The van der Waals surface area contributed by atoms with Crippen molar-refractivity contribution >= 4 is 45.5 Å². The molecule has 0 atom stereocenters. The number of hydrogen-bond acceptors (Lipinski definition) is 6. The van der Waals surface area contributed by atoms with Crippen LogP contribution in [0.15, 0.2) is 76.8 Å². The lowest BCUT2D eigenvalue weighted by atomic mass is 10.1. The summed E-state index contributed by atoms with van der Waals surface area (Å²) >= 11 is 3.40. The fraction of sp³-hybridized carbons (Fsp3) is 0.115. The second-order valence-corrected chi connectivity index (χ2v) is 8.40. The Hall–Kier alpha value is -4.11. The van der Waals surface area contributed by atoms with E-state index in [1.807, 2.05) is 24.3 Å². The quantitative estimate of drug-likeness (QED) is 0.347.